The van der Waals surface area contributed by atoms with Crippen LogP contribution in [0.1, 0.15) is 22.8 Å². The highest BCUT2D eigenvalue weighted by molar-refractivity contribution is 5.87. The van der Waals surface area contributed by atoms with Crippen LogP contribution >= 0.6 is 0 Å². The molecule has 6 nitrogen and oxygen atoms in total. The van der Waals surface area contributed by atoms with Crippen molar-refractivity contribution in [1.82, 2.24) is 9.78 Å². The van der Waals surface area contributed by atoms with Gasteiger partial charge in [0.2, 0.25) is 0 Å². The van der Waals surface area contributed by atoms with Gasteiger partial charge < -0.3 is 10.4 Å². The van der Waals surface area contributed by atoms with Gasteiger partial charge >= 0.3 is 5.97 Å². The molecule has 0 amide bonds. The lowest BCUT2D eigenvalue weighted by Crippen LogP contribution is -1.97. The lowest BCUT2D eigenvalue weighted by atomic mass is 9.98. The molecule has 0 aliphatic rings. The van der Waals surface area contributed by atoms with E-state index in [9.17, 15) is 14.4 Å². The Morgan fingerprint density at radius 1 is 1.46 bits per heavy atom. The zero-order chi connectivity index (χ0) is 19.3. The summed E-state index contributed by atoms with van der Waals surface area (Å²) in [7, 11) is 1.71. The second-order valence-corrected chi connectivity index (χ2v) is 5.40. The maximum absolute atomic E-state index is 14.3. The molecule has 0 aliphatic carbocycles. The first-order valence-electron chi connectivity index (χ1n) is 7.61. The molecule has 2 rings (SSSR count). The van der Waals surface area contributed by atoms with Crippen LogP contribution in [0.5, 0.6) is 0 Å². The first kappa shape index (κ1) is 18.7. The van der Waals surface area contributed by atoms with Gasteiger partial charge in [-0.3, -0.25) is 0 Å². The molecule has 2 N–H and O–H groups in total. The van der Waals surface area contributed by atoms with Crippen molar-refractivity contribution in [2.45, 2.75) is 6.92 Å². The largest absolute Gasteiger partial charge is 0.478 e. The number of nitriles is 1. The fourth-order valence-electron chi connectivity index (χ4n) is 2.21. The highest BCUT2D eigenvalue weighted by Gasteiger charge is 2.12. The van der Waals surface area contributed by atoms with Crippen molar-refractivity contribution in [3.05, 3.63) is 71.8 Å². The van der Waals surface area contributed by atoms with Gasteiger partial charge in [0.25, 0.3) is 0 Å². The molecule has 1 heterocycles. The first-order chi connectivity index (χ1) is 12.4. The van der Waals surface area contributed by atoms with E-state index in [1.165, 1.54) is 23.1 Å². The second-order valence-electron chi connectivity index (χ2n) is 5.40. The number of benzene rings is 1. The van der Waals surface area contributed by atoms with Crippen molar-refractivity contribution in [3.63, 3.8) is 0 Å². The van der Waals surface area contributed by atoms with Gasteiger partial charge in [0.05, 0.1) is 23.4 Å². The lowest BCUT2D eigenvalue weighted by Gasteiger charge is -2.09. The number of aromatic nitrogens is 2. The van der Waals surface area contributed by atoms with Gasteiger partial charge in [-0.2, -0.15) is 10.4 Å². The Bertz CT molecular complexity index is 964. The van der Waals surface area contributed by atoms with Crippen molar-refractivity contribution in [1.29, 1.82) is 5.26 Å². The molecule has 0 fully saturated rings. The van der Waals surface area contributed by atoms with Crippen molar-refractivity contribution in [2.24, 2.45) is 0 Å². The highest BCUT2D eigenvalue weighted by Crippen LogP contribution is 2.27. The minimum Gasteiger partial charge on any atom is -0.478 e. The number of anilines is 1. The molecule has 7 heteroatoms. The van der Waals surface area contributed by atoms with Crippen LogP contribution in [0, 0.1) is 17.1 Å². The Balaban J connectivity index is 2.48. The van der Waals surface area contributed by atoms with E-state index in [4.69, 9.17) is 5.11 Å². The van der Waals surface area contributed by atoms with Crippen LogP contribution in [0.15, 0.2) is 54.9 Å². The molecule has 0 spiro atoms. The van der Waals surface area contributed by atoms with E-state index in [1.54, 1.807) is 38.3 Å². The van der Waals surface area contributed by atoms with Gasteiger partial charge in [0, 0.05) is 35.8 Å². The summed E-state index contributed by atoms with van der Waals surface area (Å²) in [5, 5.41) is 25.0. The number of halogens is 1. The highest BCUT2D eigenvalue weighted by atomic mass is 19.1. The molecule has 0 atom stereocenters. The van der Waals surface area contributed by atoms with Crippen molar-refractivity contribution in [2.75, 3.05) is 12.4 Å². The first-order valence-corrected chi connectivity index (χ1v) is 7.61. The number of carboxylic acids is 1. The number of carbonyl (C=O) groups is 1. The molecule has 0 saturated carbocycles. The average molecular weight is 352 g/mol. The molecule has 2 aromatic rings. The monoisotopic (exact) mass is 352 g/mol. The van der Waals surface area contributed by atoms with Gasteiger partial charge in [-0.15, -0.1) is 0 Å². The van der Waals surface area contributed by atoms with Crippen LogP contribution in [-0.4, -0.2) is 27.9 Å². The van der Waals surface area contributed by atoms with Crippen LogP contribution in [0.4, 0.5) is 10.1 Å². The molecule has 0 aliphatic heterocycles. The van der Waals surface area contributed by atoms with Gasteiger partial charge in [-0.25, -0.2) is 13.9 Å². The maximum atomic E-state index is 14.3. The molecule has 26 heavy (non-hydrogen) atoms. The van der Waals surface area contributed by atoms with Gasteiger partial charge in [0.15, 0.2) is 0 Å². The van der Waals surface area contributed by atoms with Crippen LogP contribution < -0.4 is 5.32 Å². The molecule has 0 saturated heterocycles. The predicted molar refractivity (Wildman–Crippen MR) is 97.8 cm³/mol. The molecular formula is C19H17FN4O2. The summed E-state index contributed by atoms with van der Waals surface area (Å²) in [6.07, 6.45) is 5.76. The Kier molecular flexibility index (Phi) is 5.71. The summed E-state index contributed by atoms with van der Waals surface area (Å²) in [5.41, 5.74) is 2.00. The number of hydrogen-bond donors (Lipinski definition) is 2. The van der Waals surface area contributed by atoms with Crippen LogP contribution in [-0.2, 0) is 0 Å². The zero-order valence-electron chi connectivity index (χ0n) is 14.3. The quantitative estimate of drug-likeness (QED) is 0.610. The number of nitrogens with zero attached hydrogens (tertiary/aromatic N) is 3. The number of allylic oxidation sites excluding steroid dienone is 5. The Hall–Kier alpha value is -3.66. The summed E-state index contributed by atoms with van der Waals surface area (Å²) in [5.74, 6) is -1.56. The van der Waals surface area contributed by atoms with E-state index in [-0.39, 0.29) is 16.7 Å². The third kappa shape index (κ3) is 4.05. The third-order valence-corrected chi connectivity index (χ3v) is 3.69. The summed E-state index contributed by atoms with van der Waals surface area (Å²) in [6, 6.07) is 6.41. The fourth-order valence-corrected chi connectivity index (χ4v) is 2.21. The Labute approximate surface area is 150 Å². The molecule has 132 valence electrons. The molecule has 1 aromatic heterocycles. The maximum Gasteiger partial charge on any atom is 0.338 e. The minimum absolute atomic E-state index is 0.0520. The molecule has 0 unspecified atom stereocenters. The van der Waals surface area contributed by atoms with Gasteiger partial charge in [-0.1, -0.05) is 12.7 Å². The predicted octanol–water partition coefficient (Wildman–Crippen LogP) is 3.79. The van der Waals surface area contributed by atoms with Crippen molar-refractivity contribution in [3.8, 4) is 6.07 Å². The summed E-state index contributed by atoms with van der Waals surface area (Å²) in [6.45, 7) is 5.39. The zero-order valence-corrected chi connectivity index (χ0v) is 14.3. The molecule has 1 aromatic carbocycles. The minimum atomic E-state index is -1.08. The third-order valence-electron chi connectivity index (χ3n) is 3.69. The van der Waals surface area contributed by atoms with E-state index < -0.39 is 11.8 Å². The Morgan fingerprint density at radius 2 is 2.19 bits per heavy atom. The summed E-state index contributed by atoms with van der Waals surface area (Å²) in [4.78, 5) is 10.9. The standard InChI is InChI=1S/C19H17FN4O2/c1-12(9-21)16(17-8-15(22-3)5-7-18(17)20)6-4-13(2)24-11-14(10-23-24)19(25)26/h4-8,10-11,22H,1H2,2-3H3,(H,25,26)/b13-4+,16-6+. The second kappa shape index (κ2) is 7.94. The SMILES string of the molecule is C=C(C#N)/C(=C\C=C(/C)n1cc(C(=O)O)cn1)c1cc(NC)ccc1F. The number of carboxylic acid groups (broad SMARTS) is 1. The average Bonchev–Trinajstić information content (AvgIpc) is 3.13. The number of nitrogens with one attached hydrogen (secondary N) is 1. The van der Waals surface area contributed by atoms with Crippen molar-refractivity contribution < 1.29 is 14.3 Å². The van der Waals surface area contributed by atoms with Crippen LogP contribution in [0.3, 0.4) is 0 Å². The van der Waals surface area contributed by atoms with Gasteiger partial charge in [-0.05, 0) is 31.2 Å². The van der Waals surface area contributed by atoms with E-state index >= 15 is 0 Å². The smallest absolute Gasteiger partial charge is 0.338 e. The van der Waals surface area contributed by atoms with Crippen LogP contribution in [0.2, 0.25) is 0 Å². The number of aromatic carboxylic acids is 1. The van der Waals surface area contributed by atoms with Gasteiger partial charge in [0.1, 0.15) is 5.82 Å². The Morgan fingerprint density at radius 3 is 2.77 bits per heavy atom. The number of hydrogen-bond acceptors (Lipinski definition) is 4. The van der Waals surface area contributed by atoms with E-state index in [0.29, 0.717) is 17.0 Å². The summed E-state index contributed by atoms with van der Waals surface area (Å²) >= 11 is 0. The summed E-state index contributed by atoms with van der Waals surface area (Å²) < 4.78 is 15.7. The van der Waals surface area contributed by atoms with Crippen molar-refractivity contribution >= 4 is 22.9 Å². The van der Waals surface area contributed by atoms with E-state index in [2.05, 4.69) is 17.0 Å². The lowest BCUT2D eigenvalue weighted by molar-refractivity contribution is 0.0697. The molecule has 0 bridgehead atoms. The van der Waals surface area contributed by atoms with E-state index in [1.807, 2.05) is 6.07 Å². The van der Waals surface area contributed by atoms with E-state index in [0.717, 1.165) is 0 Å². The van der Waals surface area contributed by atoms with Crippen LogP contribution in [0.25, 0.3) is 11.3 Å². The fraction of sp³-hybridized carbons (Fsp3) is 0.105. The number of rotatable bonds is 6. The molecule has 0 radical (unpaired) electrons. The normalized spacial score (nSPS) is 11.8. The molecular weight excluding hydrogens is 335 g/mol. The topological polar surface area (TPSA) is 90.9 Å².